The van der Waals surface area contributed by atoms with Crippen molar-refractivity contribution in [2.75, 3.05) is 0 Å². The molecule has 0 bridgehead atoms. The van der Waals surface area contributed by atoms with Crippen LogP contribution in [0, 0.1) is 29.5 Å². The van der Waals surface area contributed by atoms with Gasteiger partial charge in [0.2, 0.25) is 0 Å². The number of nitrogens with zero attached hydrogens (tertiary/aromatic N) is 6. The van der Waals surface area contributed by atoms with Crippen LogP contribution in [0.4, 0.5) is 13.2 Å². The van der Waals surface area contributed by atoms with Gasteiger partial charge in [0, 0.05) is 55.9 Å². The Balaban J connectivity index is 0.000000171. The molecule has 6 rings (SSSR count). The molecule has 0 aliphatic rings. The molecule has 6 aromatic heterocycles. The highest BCUT2D eigenvalue weighted by Gasteiger charge is 2.04. The maximum Gasteiger partial charge on any atom is 0.151 e. The van der Waals surface area contributed by atoms with E-state index in [0.717, 1.165) is 27.9 Å². The van der Waals surface area contributed by atoms with Crippen LogP contribution in [0.15, 0.2) is 77.1 Å². The third kappa shape index (κ3) is 8.31. The van der Waals surface area contributed by atoms with E-state index in [1.165, 1.54) is 23.6 Å². The fourth-order valence-electron chi connectivity index (χ4n) is 4.03. The summed E-state index contributed by atoms with van der Waals surface area (Å²) in [7, 11) is 0. The van der Waals surface area contributed by atoms with Gasteiger partial charge in [0.25, 0.3) is 0 Å². The molecule has 0 spiro atoms. The molecule has 0 radical (unpaired) electrons. The van der Waals surface area contributed by atoms with Crippen molar-refractivity contribution in [1.29, 1.82) is 0 Å². The normalized spacial score (nSPS) is 10.5. The van der Waals surface area contributed by atoms with E-state index in [2.05, 4.69) is 59.5 Å². The zero-order valence-electron chi connectivity index (χ0n) is 22.8. The molecule has 0 saturated heterocycles. The maximum atomic E-state index is 13.1. The van der Waals surface area contributed by atoms with Crippen molar-refractivity contribution in [2.24, 2.45) is 0 Å². The summed E-state index contributed by atoms with van der Waals surface area (Å²) in [5.41, 5.74) is 5.09. The van der Waals surface area contributed by atoms with Crippen molar-refractivity contribution in [1.82, 2.24) is 28.7 Å². The van der Waals surface area contributed by atoms with Crippen LogP contribution in [0.2, 0.25) is 0 Å². The summed E-state index contributed by atoms with van der Waals surface area (Å²) in [5, 5.41) is 2.19. The van der Waals surface area contributed by atoms with E-state index >= 15 is 0 Å². The average Bonchev–Trinajstić information content (AvgIpc) is 3.76. The molecule has 0 saturated carbocycles. The maximum absolute atomic E-state index is 13.1. The van der Waals surface area contributed by atoms with Crippen molar-refractivity contribution in [2.45, 2.75) is 39.0 Å². The quantitative estimate of drug-likeness (QED) is 0.176. The molecule has 6 nitrogen and oxygen atoms in total. The van der Waals surface area contributed by atoms with E-state index in [-0.39, 0.29) is 5.82 Å². The lowest BCUT2D eigenvalue weighted by Crippen LogP contribution is -1.89. The second-order valence-corrected chi connectivity index (χ2v) is 11.0. The minimum Gasteiger partial charge on any atom is -0.306 e. The third-order valence-electron chi connectivity index (χ3n) is 6.00. The lowest BCUT2D eigenvalue weighted by Gasteiger charge is -1.93. The smallest absolute Gasteiger partial charge is 0.151 e. The molecular formula is C32H24BrF3N6S. The summed E-state index contributed by atoms with van der Waals surface area (Å²) in [6.07, 6.45) is 9.91. The molecular weight excluding hydrogens is 637 g/mol. The van der Waals surface area contributed by atoms with Crippen LogP contribution in [-0.2, 0) is 26.2 Å². The van der Waals surface area contributed by atoms with Gasteiger partial charge in [-0.1, -0.05) is 17.9 Å². The van der Waals surface area contributed by atoms with Crippen LogP contribution in [0.3, 0.4) is 0 Å². The number of aryl methyl sites for hydroxylation is 2. The SMILES string of the molecule is FCc1cccc(C#CCCc2cn3cccc(Br)c3n2)n1.FCc1nc(C#CCCc2cn3cc(F)ccc3n2)cs1. The van der Waals surface area contributed by atoms with Gasteiger partial charge in [-0.25, -0.2) is 33.1 Å². The minimum atomic E-state index is -0.564. The number of thiazole rings is 1. The summed E-state index contributed by atoms with van der Waals surface area (Å²) in [4.78, 5) is 17.1. The van der Waals surface area contributed by atoms with Crippen LogP contribution < -0.4 is 0 Å². The number of rotatable bonds is 6. The molecule has 0 aromatic carbocycles. The first-order valence-corrected chi connectivity index (χ1v) is 14.9. The van der Waals surface area contributed by atoms with Crippen molar-refractivity contribution in [3.63, 3.8) is 0 Å². The molecule has 0 atom stereocenters. The van der Waals surface area contributed by atoms with Crippen LogP contribution in [0.25, 0.3) is 11.3 Å². The fraction of sp³-hybridized carbons (Fsp3) is 0.188. The monoisotopic (exact) mass is 660 g/mol. The second kappa shape index (κ2) is 14.6. The third-order valence-corrected chi connectivity index (χ3v) is 7.44. The van der Waals surface area contributed by atoms with Crippen LogP contribution in [0.1, 0.15) is 46.3 Å². The number of hydrogen-bond donors (Lipinski definition) is 0. The Morgan fingerprint density at radius 2 is 1.51 bits per heavy atom. The molecule has 216 valence electrons. The van der Waals surface area contributed by atoms with E-state index in [1.807, 2.05) is 28.9 Å². The molecule has 0 unspecified atom stereocenters. The van der Waals surface area contributed by atoms with Gasteiger partial charge in [0.15, 0.2) is 5.65 Å². The van der Waals surface area contributed by atoms with E-state index in [0.29, 0.717) is 47.0 Å². The van der Waals surface area contributed by atoms with Crippen molar-refractivity contribution >= 4 is 38.6 Å². The zero-order chi connectivity index (χ0) is 30.0. The predicted octanol–water partition coefficient (Wildman–Crippen LogP) is 7.33. The standard InChI is InChI=1S/C17H13BrFN3.C15H11F2N3S/c18-16-9-4-10-22-12-15(21-17(16)22)6-2-1-5-13-7-3-8-14(11-19)20-13;16-7-15-19-13(10-21-15)4-2-1-3-12-9-20-8-11(17)5-6-14(20)18-12/h3-4,7-10,12H,2,6,11H2;5-6,8-10H,1,3,7H2. The number of fused-ring (bicyclic) bond motifs is 2. The first kappa shape index (κ1) is 30.0. The van der Waals surface area contributed by atoms with Gasteiger partial charge in [0.1, 0.15) is 41.2 Å². The highest BCUT2D eigenvalue weighted by Crippen LogP contribution is 2.17. The van der Waals surface area contributed by atoms with Crippen LogP contribution in [-0.4, -0.2) is 28.7 Å². The zero-order valence-corrected chi connectivity index (χ0v) is 25.2. The predicted molar refractivity (Wildman–Crippen MR) is 164 cm³/mol. The van der Waals surface area contributed by atoms with Crippen molar-refractivity contribution in [3.8, 4) is 23.7 Å². The van der Waals surface area contributed by atoms with Gasteiger partial charge in [-0.3, -0.25) is 0 Å². The Labute approximate surface area is 258 Å². The van der Waals surface area contributed by atoms with E-state index < -0.39 is 13.3 Å². The molecule has 0 amide bonds. The van der Waals surface area contributed by atoms with Gasteiger partial charge < -0.3 is 8.80 Å². The number of pyridine rings is 3. The summed E-state index contributed by atoms with van der Waals surface area (Å²) in [6, 6.07) is 12.2. The minimum absolute atomic E-state index is 0.293. The topological polar surface area (TPSA) is 60.4 Å². The largest absolute Gasteiger partial charge is 0.306 e. The molecule has 0 aliphatic carbocycles. The van der Waals surface area contributed by atoms with Crippen molar-refractivity contribution in [3.05, 3.63) is 116 Å². The van der Waals surface area contributed by atoms with Gasteiger partial charge in [-0.2, -0.15) is 0 Å². The molecule has 6 heterocycles. The Kier molecular flexibility index (Phi) is 10.2. The Bertz CT molecular complexity index is 1980. The Hall–Kier alpha value is -4.45. The highest BCUT2D eigenvalue weighted by atomic mass is 79.9. The molecule has 11 heteroatoms. The van der Waals surface area contributed by atoms with Crippen LogP contribution >= 0.6 is 27.3 Å². The molecule has 0 aliphatic heterocycles. The molecule has 43 heavy (non-hydrogen) atoms. The highest BCUT2D eigenvalue weighted by molar-refractivity contribution is 9.10. The lowest BCUT2D eigenvalue weighted by molar-refractivity contribution is 0.476. The van der Waals surface area contributed by atoms with Gasteiger partial charge in [0.05, 0.1) is 21.6 Å². The first-order valence-electron chi connectivity index (χ1n) is 13.3. The number of alkyl halides is 2. The number of aromatic nitrogens is 6. The van der Waals surface area contributed by atoms with Crippen LogP contribution in [0.5, 0.6) is 0 Å². The summed E-state index contributed by atoms with van der Waals surface area (Å²) in [6.45, 7) is -1.12. The van der Waals surface area contributed by atoms with Crippen molar-refractivity contribution < 1.29 is 13.2 Å². The Morgan fingerprint density at radius 3 is 2.26 bits per heavy atom. The number of halogens is 4. The first-order chi connectivity index (χ1) is 21.0. The summed E-state index contributed by atoms with van der Waals surface area (Å²) < 4.78 is 42.5. The van der Waals surface area contributed by atoms with Gasteiger partial charge >= 0.3 is 0 Å². The van der Waals surface area contributed by atoms with E-state index in [1.54, 1.807) is 40.2 Å². The molecule has 6 aromatic rings. The van der Waals surface area contributed by atoms with E-state index in [9.17, 15) is 13.2 Å². The summed E-state index contributed by atoms with van der Waals surface area (Å²) >= 11 is 4.75. The Morgan fingerprint density at radius 1 is 0.744 bits per heavy atom. The fourth-order valence-corrected chi connectivity index (χ4v) is 5.05. The van der Waals surface area contributed by atoms with E-state index in [4.69, 9.17) is 0 Å². The molecule has 0 N–H and O–H groups in total. The lowest BCUT2D eigenvalue weighted by atomic mass is 10.2. The number of hydrogen-bond acceptors (Lipinski definition) is 5. The van der Waals surface area contributed by atoms with Gasteiger partial charge in [-0.05, 0) is 64.2 Å². The van der Waals surface area contributed by atoms with Gasteiger partial charge in [-0.15, -0.1) is 11.3 Å². The molecule has 0 fully saturated rings. The number of imidazole rings is 2. The summed E-state index contributed by atoms with van der Waals surface area (Å²) in [5.74, 6) is 11.6. The average molecular weight is 662 g/mol. The second-order valence-electron chi connectivity index (χ2n) is 9.18.